The van der Waals surface area contributed by atoms with Gasteiger partial charge in [-0.3, -0.25) is 10.1 Å². The number of aliphatic imine (C=N–C) groups is 1. The fourth-order valence-electron chi connectivity index (χ4n) is 4.17. The Morgan fingerprint density at radius 3 is 2.53 bits per heavy atom. The van der Waals surface area contributed by atoms with E-state index in [0.29, 0.717) is 6.54 Å². The smallest absolute Gasteiger partial charge is 0.413 e. The van der Waals surface area contributed by atoms with Crippen LogP contribution in [0.1, 0.15) is 49.3 Å². The first-order chi connectivity index (χ1) is 16.8. The number of nitrogens with zero attached hydrogens (tertiary/aromatic N) is 2. The van der Waals surface area contributed by atoms with Gasteiger partial charge in [-0.25, -0.2) is 32.0 Å². The molecule has 1 saturated heterocycles. The Kier molecular flexibility index (Phi) is 6.56. The molecule has 1 aromatic heterocycles. The third-order valence-electron chi connectivity index (χ3n) is 5.80. The molecule has 2 atom stereocenters. The molecular formula is C23H25F2N5O5S. The quantitative estimate of drug-likeness (QED) is 0.564. The Balaban J connectivity index is 1.69. The molecule has 1 aromatic carbocycles. The van der Waals surface area contributed by atoms with Gasteiger partial charge in [0.2, 0.25) is 15.0 Å². The first-order valence-electron chi connectivity index (χ1n) is 11.1. The number of amides is 2. The van der Waals surface area contributed by atoms with E-state index in [1.54, 1.807) is 20.8 Å². The number of sulfone groups is 1. The third-order valence-corrected chi connectivity index (χ3v) is 8.16. The highest BCUT2D eigenvalue weighted by Crippen LogP contribution is 2.47. The van der Waals surface area contributed by atoms with E-state index in [1.807, 2.05) is 0 Å². The van der Waals surface area contributed by atoms with Crippen molar-refractivity contribution in [2.24, 2.45) is 4.99 Å². The largest absolute Gasteiger partial charge is 0.444 e. The van der Waals surface area contributed by atoms with Gasteiger partial charge in [0.1, 0.15) is 33.7 Å². The molecule has 2 amide bonds. The van der Waals surface area contributed by atoms with Crippen molar-refractivity contribution >= 4 is 32.7 Å². The van der Waals surface area contributed by atoms with E-state index in [9.17, 15) is 22.4 Å². The minimum absolute atomic E-state index is 0.0154. The number of alkyl carbamates (subject to hydrolysis) is 1. The predicted octanol–water partition coefficient (Wildman–Crippen LogP) is 2.69. The fourth-order valence-corrected chi connectivity index (χ4v) is 6.16. The summed E-state index contributed by atoms with van der Waals surface area (Å²) in [7, 11) is -4.20. The number of ether oxygens (including phenoxy) is 1. The number of benzene rings is 1. The number of nitrogens with one attached hydrogen (secondary N) is 3. The van der Waals surface area contributed by atoms with Crippen molar-refractivity contribution in [3.05, 3.63) is 59.4 Å². The number of anilines is 1. The zero-order chi connectivity index (χ0) is 26.3. The highest BCUT2D eigenvalue weighted by molar-refractivity contribution is 8.07. The number of aromatic nitrogens is 1. The Labute approximate surface area is 206 Å². The molecule has 2 aromatic rings. The van der Waals surface area contributed by atoms with Crippen molar-refractivity contribution in [1.82, 2.24) is 15.6 Å². The van der Waals surface area contributed by atoms with Crippen LogP contribution < -0.4 is 16.0 Å². The van der Waals surface area contributed by atoms with Crippen molar-refractivity contribution in [2.75, 3.05) is 18.4 Å². The second kappa shape index (κ2) is 9.21. The van der Waals surface area contributed by atoms with Crippen LogP contribution in [0.15, 0.2) is 41.5 Å². The summed E-state index contributed by atoms with van der Waals surface area (Å²) in [6, 6.07) is 4.73. The number of rotatable bonds is 3. The van der Waals surface area contributed by atoms with E-state index in [1.165, 1.54) is 18.2 Å². The van der Waals surface area contributed by atoms with E-state index < -0.39 is 55.0 Å². The number of amidine groups is 1. The topological polar surface area (TPSA) is 139 Å². The standard InChI is InChI=1S/C23H25F2N5O5S/c1-22(2,3)35-21(32)30-20-29-18(23(36(20,33)34)8-9-26-12-23)15-10-14(5-6-16(15)25)28-19(31)17-7-4-13(24)11-27-17/h4-7,10-11,18,26H,8-9,12H2,1-3H3,(H,28,31)(H,29,30,32). The maximum absolute atomic E-state index is 15.1. The molecule has 3 N–H and O–H groups in total. The molecular weight excluding hydrogens is 496 g/mol. The van der Waals surface area contributed by atoms with Gasteiger partial charge in [0.05, 0.1) is 6.20 Å². The molecule has 0 aliphatic carbocycles. The minimum Gasteiger partial charge on any atom is -0.444 e. The molecule has 2 aliphatic rings. The number of pyridine rings is 1. The van der Waals surface area contributed by atoms with Crippen molar-refractivity contribution in [3.63, 3.8) is 0 Å². The molecule has 13 heteroatoms. The number of hydrogen-bond acceptors (Lipinski definition) is 8. The molecule has 0 bridgehead atoms. The summed E-state index contributed by atoms with van der Waals surface area (Å²) in [5.41, 5.74) is -0.862. The van der Waals surface area contributed by atoms with Crippen LogP contribution in [0.4, 0.5) is 19.3 Å². The SMILES string of the molecule is CC(C)(C)OC(=O)NC1=NC(c2cc(NC(=O)c3ccc(F)cn3)ccc2F)C2(CCNC2)S1(=O)=O. The Morgan fingerprint density at radius 1 is 1.17 bits per heavy atom. The van der Waals surface area contributed by atoms with E-state index in [-0.39, 0.29) is 29.9 Å². The highest BCUT2D eigenvalue weighted by Gasteiger charge is 2.60. The average molecular weight is 522 g/mol. The van der Waals surface area contributed by atoms with Gasteiger partial charge in [-0.1, -0.05) is 0 Å². The summed E-state index contributed by atoms with van der Waals surface area (Å²) in [5.74, 6) is -2.01. The van der Waals surface area contributed by atoms with Gasteiger partial charge < -0.3 is 15.4 Å². The molecule has 0 saturated carbocycles. The van der Waals surface area contributed by atoms with Crippen molar-refractivity contribution in [2.45, 2.75) is 43.6 Å². The van der Waals surface area contributed by atoms with E-state index in [0.717, 1.165) is 18.3 Å². The zero-order valence-electron chi connectivity index (χ0n) is 19.8. The van der Waals surface area contributed by atoms with Crippen LogP contribution in [0, 0.1) is 11.6 Å². The van der Waals surface area contributed by atoms with Gasteiger partial charge in [0.15, 0.2) is 0 Å². The molecule has 10 nitrogen and oxygen atoms in total. The van der Waals surface area contributed by atoms with Gasteiger partial charge in [0, 0.05) is 17.8 Å². The van der Waals surface area contributed by atoms with Gasteiger partial charge in [-0.15, -0.1) is 0 Å². The van der Waals surface area contributed by atoms with E-state index in [2.05, 4.69) is 25.9 Å². The average Bonchev–Trinajstić information content (AvgIpc) is 3.35. The summed E-state index contributed by atoms with van der Waals surface area (Å²) in [4.78, 5) is 32.7. The van der Waals surface area contributed by atoms with Crippen LogP contribution >= 0.6 is 0 Å². The zero-order valence-corrected chi connectivity index (χ0v) is 20.6. The lowest BCUT2D eigenvalue weighted by Gasteiger charge is -2.28. The second-order valence-corrected chi connectivity index (χ2v) is 11.7. The summed E-state index contributed by atoms with van der Waals surface area (Å²) < 4.78 is 58.8. The Hall–Kier alpha value is -3.45. The fraction of sp³-hybridized carbons (Fsp3) is 0.391. The van der Waals surface area contributed by atoms with Crippen molar-refractivity contribution < 1.29 is 31.5 Å². The highest BCUT2D eigenvalue weighted by atomic mass is 32.2. The molecule has 2 aliphatic heterocycles. The van der Waals surface area contributed by atoms with Crippen molar-refractivity contribution in [3.8, 4) is 0 Å². The molecule has 192 valence electrons. The monoisotopic (exact) mass is 521 g/mol. The maximum atomic E-state index is 15.1. The number of carbonyl (C=O) groups excluding carboxylic acids is 2. The van der Waals surface area contributed by atoms with Gasteiger partial charge in [0.25, 0.3) is 5.91 Å². The maximum Gasteiger partial charge on any atom is 0.413 e. The summed E-state index contributed by atoms with van der Waals surface area (Å²) in [6.45, 7) is 5.20. The van der Waals surface area contributed by atoms with Crippen LogP contribution in [0.5, 0.6) is 0 Å². The lowest BCUT2D eigenvalue weighted by molar-refractivity contribution is 0.0564. The molecule has 2 unspecified atom stereocenters. The number of carbonyl (C=O) groups is 2. The normalized spacial score (nSPS) is 22.8. The molecule has 1 spiro atoms. The van der Waals surface area contributed by atoms with Crippen molar-refractivity contribution in [1.29, 1.82) is 0 Å². The minimum atomic E-state index is -4.20. The molecule has 36 heavy (non-hydrogen) atoms. The molecule has 3 heterocycles. The lowest BCUT2D eigenvalue weighted by Crippen LogP contribution is -2.48. The van der Waals surface area contributed by atoms with Crippen LogP contribution in [0.3, 0.4) is 0 Å². The van der Waals surface area contributed by atoms with Gasteiger partial charge in [-0.2, -0.15) is 0 Å². The van der Waals surface area contributed by atoms with E-state index in [4.69, 9.17) is 4.74 Å². The van der Waals surface area contributed by atoms with Crippen LogP contribution in [0.25, 0.3) is 0 Å². The first kappa shape index (κ1) is 25.6. The lowest BCUT2D eigenvalue weighted by atomic mass is 9.91. The second-order valence-electron chi connectivity index (χ2n) is 9.51. The molecule has 1 fully saturated rings. The summed E-state index contributed by atoms with van der Waals surface area (Å²) in [6.07, 6.45) is 0.0115. The first-order valence-corrected chi connectivity index (χ1v) is 12.6. The van der Waals surface area contributed by atoms with Crippen LogP contribution in [-0.2, 0) is 14.6 Å². The summed E-state index contributed by atoms with van der Waals surface area (Å²) >= 11 is 0. The number of hydrogen-bond donors (Lipinski definition) is 3. The number of halogens is 2. The Bertz CT molecular complexity index is 1330. The van der Waals surface area contributed by atoms with Gasteiger partial charge in [-0.05, 0) is 64.1 Å². The summed E-state index contributed by atoms with van der Waals surface area (Å²) in [5, 5.41) is 7.14. The third kappa shape index (κ3) is 4.80. The predicted molar refractivity (Wildman–Crippen MR) is 127 cm³/mol. The van der Waals surface area contributed by atoms with Crippen LogP contribution in [-0.4, -0.2) is 54.0 Å². The molecule has 0 radical (unpaired) electrons. The van der Waals surface area contributed by atoms with Gasteiger partial charge >= 0.3 is 6.09 Å². The Morgan fingerprint density at radius 2 is 1.92 bits per heavy atom. The van der Waals surface area contributed by atoms with Crippen LogP contribution in [0.2, 0.25) is 0 Å². The van der Waals surface area contributed by atoms with E-state index >= 15 is 4.39 Å². The molecule has 4 rings (SSSR count).